The maximum atomic E-state index is 14.9. The van der Waals surface area contributed by atoms with Crippen LogP contribution >= 0.6 is 0 Å². The molecule has 0 aliphatic carbocycles. The van der Waals surface area contributed by atoms with Crippen LogP contribution in [0.25, 0.3) is 0 Å². The first kappa shape index (κ1) is 80.5. The molecule has 4 saturated heterocycles. The summed E-state index contributed by atoms with van der Waals surface area (Å²) in [6.45, 7) is -11.2. The van der Waals surface area contributed by atoms with Crippen LogP contribution in [0.15, 0.2) is 56.4 Å². The van der Waals surface area contributed by atoms with Crippen molar-refractivity contribution in [2.75, 3.05) is 31.6 Å². The molecule has 11 unspecified atom stereocenters. The third-order valence-electron chi connectivity index (χ3n) is 17.4. The number of aryl methyl sites for hydroxylation is 2. The fourth-order valence-corrected chi connectivity index (χ4v) is 11.4. The lowest BCUT2D eigenvalue weighted by Gasteiger charge is -2.43. The third kappa shape index (κ3) is 14.3. The van der Waals surface area contributed by atoms with E-state index in [0.29, 0.717) is 31.5 Å². The molecular weight excluding hydrogens is 1500 g/mol. The van der Waals surface area contributed by atoms with Crippen LogP contribution < -0.4 is 27.7 Å². The van der Waals surface area contributed by atoms with Gasteiger partial charge in [0.25, 0.3) is 11.1 Å². The highest BCUT2D eigenvalue weighted by atomic mass is 19.4. The largest absolute Gasteiger partial charge is 0.394 e. The molecule has 0 aromatic carbocycles. The minimum Gasteiger partial charge on any atom is -0.394 e. The summed E-state index contributed by atoms with van der Waals surface area (Å²) in [5.74, 6) is -64.5. The van der Waals surface area contributed by atoms with Gasteiger partial charge < -0.3 is 74.7 Å². The molecule has 37 nitrogen and oxygen atoms in total. The molecule has 4 aliphatic heterocycles. The molecule has 10 N–H and O–H groups in total. The summed E-state index contributed by atoms with van der Waals surface area (Å²) in [6.07, 6.45) is -19.4. The van der Waals surface area contributed by atoms with Gasteiger partial charge in [-0.1, -0.05) is 15.6 Å². The summed E-state index contributed by atoms with van der Waals surface area (Å²) in [6, 6.07) is 0. The highest BCUT2D eigenvalue weighted by Crippen LogP contribution is 2.64. The average Bonchev–Trinajstić information content (AvgIpc) is 1.16. The minimum atomic E-state index is -8.79. The molecule has 6 aromatic rings. The van der Waals surface area contributed by atoms with Crippen molar-refractivity contribution < 1.29 is 150 Å². The number of hydroxylamine groups is 1. The van der Waals surface area contributed by atoms with E-state index in [1.807, 2.05) is 0 Å². The lowest BCUT2D eigenvalue weighted by Crippen LogP contribution is -2.75. The number of nitrogens with zero attached hydrogens (tertiary/aromatic N) is 17. The van der Waals surface area contributed by atoms with Crippen LogP contribution in [0.5, 0.6) is 0 Å². The Labute approximate surface area is 577 Å². The number of aliphatic hydroxyl groups excluding tert-OH is 10. The lowest BCUT2D eigenvalue weighted by molar-refractivity contribution is -0.455. The van der Waals surface area contributed by atoms with Crippen molar-refractivity contribution in [2.45, 2.75) is 206 Å². The molecule has 6 aromatic heterocycles. The van der Waals surface area contributed by atoms with E-state index in [9.17, 15) is 140 Å². The van der Waals surface area contributed by atoms with E-state index in [-0.39, 0.29) is 22.5 Å². The van der Waals surface area contributed by atoms with Gasteiger partial charge in [-0.05, 0) is 19.1 Å². The van der Waals surface area contributed by atoms with Crippen LogP contribution in [-0.4, -0.2) is 277 Å². The molecule has 15 atom stereocenters. The van der Waals surface area contributed by atoms with Gasteiger partial charge in [0.1, 0.15) is 103 Å². The van der Waals surface area contributed by atoms with Crippen molar-refractivity contribution in [3.63, 3.8) is 0 Å². The van der Waals surface area contributed by atoms with E-state index in [2.05, 4.69) is 50.7 Å². The van der Waals surface area contributed by atoms with Crippen molar-refractivity contribution >= 4 is 0 Å². The van der Waals surface area contributed by atoms with Crippen LogP contribution in [0.1, 0.15) is 65.4 Å². The van der Waals surface area contributed by atoms with Crippen molar-refractivity contribution in [1.82, 2.24) is 78.4 Å². The van der Waals surface area contributed by atoms with Crippen molar-refractivity contribution in [1.29, 1.82) is 0 Å². The SMILES string of the molecule is Cc1cn([C@H]2CC(O)[C@@H](Cn3cc(COCC(F)(F)C(F)(F)C(F)(F)C(F)(F)C(F)(F)C(F)(F)C(F)(F)C(F)(F)COCc4cn(C[C@H]5O[C@@H](n6cc(C)c(=O)n(Cc7cnnn7N7OC(CO)C(O)C(O)C7O)c6=O)CC5O)nn4)nn3)O2)c(=O)n(Cc2cn(C3OC(CO)C(O)C(O)C3O)nn2)c1=O. The Bertz CT molecular complexity index is 4350. The van der Waals surface area contributed by atoms with E-state index < -0.39 is 252 Å². The number of halogens is 16. The minimum absolute atomic E-state index is 0.0879. The maximum Gasteiger partial charge on any atom is 0.385 e. The second kappa shape index (κ2) is 29.5. The van der Waals surface area contributed by atoms with Gasteiger partial charge in [-0.3, -0.25) is 27.9 Å². The lowest BCUT2D eigenvalue weighted by atomic mass is 9.88. The van der Waals surface area contributed by atoms with Gasteiger partial charge >= 0.3 is 58.8 Å². The van der Waals surface area contributed by atoms with Gasteiger partial charge in [0.2, 0.25) is 0 Å². The summed E-state index contributed by atoms with van der Waals surface area (Å²) in [4.78, 5) is 60.0. The number of alkyl halides is 16. The number of aromatic nitrogens is 16. The highest BCUT2D eigenvalue weighted by molar-refractivity contribution is 5.17. The molecule has 53 heteroatoms. The highest BCUT2D eigenvalue weighted by Gasteiger charge is 2.95. The quantitative estimate of drug-likeness (QED) is 0.0201. The monoisotopic (exact) mass is 1560 g/mol. The standard InChI is InChI=1S/C53H61F16N17O20/c1-21-6-80(44(99)82(40(21)96)10-23-11-84(77-71-23)43-39(95)37(93)35(91)31(15-87)105-43)33-3-27(89)29(103-33)13-78-8-24(72-75-78)17-101-19-46(54,55)48(58,59)50(62,63)52(66,67)53(68,69)51(64,65)49(60,61)47(56,57)20-102-18-25-9-79(76-73-25)14-30-28(90)4-34(104-30)81-7-22(2)41(97)83(45(81)100)12-26-5-70-74-85(26)86-42(98)38(94)36(92)32(16-88)106-86/h5-9,11,27-39,42-43,87-95,98H,3-4,10,12-20H2,1-2H3/t27?,28?,29-,30-,31?,32?,33-,34-,35?,36?,37?,38?,39?,42?,43?/m1/s1. The van der Waals surface area contributed by atoms with E-state index in [0.717, 1.165) is 48.0 Å². The van der Waals surface area contributed by atoms with Gasteiger partial charge in [0.05, 0.1) is 89.6 Å². The number of rotatable bonds is 29. The van der Waals surface area contributed by atoms with E-state index in [1.165, 1.54) is 13.8 Å². The van der Waals surface area contributed by atoms with Gasteiger partial charge in [-0.2, -0.15) is 70.2 Å². The van der Waals surface area contributed by atoms with Gasteiger partial charge in [-0.25, -0.2) is 28.5 Å². The zero-order chi connectivity index (χ0) is 78.3. The maximum absolute atomic E-state index is 14.9. The number of aliphatic hydroxyl groups is 10. The molecule has 590 valence electrons. The topological polar surface area (TPSA) is 472 Å². The molecule has 0 spiro atoms. The molecule has 4 fully saturated rings. The summed E-state index contributed by atoms with van der Waals surface area (Å²) in [7, 11) is 0. The summed E-state index contributed by atoms with van der Waals surface area (Å²) < 4.78 is 269. The Hall–Kier alpha value is -8.04. The van der Waals surface area contributed by atoms with E-state index in [4.69, 9.17) is 19.0 Å². The normalized spacial score (nSPS) is 26.9. The smallest absolute Gasteiger partial charge is 0.385 e. The third-order valence-corrected chi connectivity index (χ3v) is 17.4. The number of hydrogen-bond donors (Lipinski definition) is 10. The Balaban J connectivity index is 0.711. The summed E-state index contributed by atoms with van der Waals surface area (Å²) in [5.41, 5.74) is -5.95. The van der Waals surface area contributed by atoms with Gasteiger partial charge in [-0.15, -0.1) is 30.4 Å². The first-order valence-electron chi connectivity index (χ1n) is 30.8. The van der Waals surface area contributed by atoms with Gasteiger partial charge in [0.15, 0.2) is 12.5 Å². The van der Waals surface area contributed by atoms with Crippen molar-refractivity contribution in [3.05, 3.63) is 113 Å². The van der Waals surface area contributed by atoms with E-state index >= 15 is 0 Å². The van der Waals surface area contributed by atoms with Crippen LogP contribution in [-0.2, 0) is 67.9 Å². The first-order chi connectivity index (χ1) is 49.3. The molecule has 4 aliphatic rings. The van der Waals surface area contributed by atoms with E-state index in [1.54, 1.807) is 0 Å². The first-order valence-corrected chi connectivity index (χ1v) is 30.8. The van der Waals surface area contributed by atoms with Crippen LogP contribution in [0.3, 0.4) is 0 Å². The number of ether oxygens (including phenoxy) is 5. The number of hydrogen-bond acceptors (Lipinski definition) is 29. The summed E-state index contributed by atoms with van der Waals surface area (Å²) >= 11 is 0. The van der Waals surface area contributed by atoms with Crippen molar-refractivity contribution in [2.24, 2.45) is 0 Å². The second-order valence-corrected chi connectivity index (χ2v) is 24.9. The molecule has 0 radical (unpaired) electrons. The van der Waals surface area contributed by atoms with Gasteiger partial charge in [0, 0.05) is 36.4 Å². The molecule has 10 heterocycles. The predicted molar refractivity (Wildman–Crippen MR) is 303 cm³/mol. The van der Waals surface area contributed by atoms with Crippen molar-refractivity contribution in [3.8, 4) is 0 Å². The molecule has 10 rings (SSSR count). The Morgan fingerprint density at radius 2 is 0.925 bits per heavy atom. The fraction of sp³-hybridized carbons (Fsp3) is 0.698. The van der Waals surface area contributed by atoms with Crippen LogP contribution in [0.2, 0.25) is 0 Å². The zero-order valence-electron chi connectivity index (χ0n) is 53.8. The zero-order valence-corrected chi connectivity index (χ0v) is 53.8. The predicted octanol–water partition coefficient (Wildman–Crippen LogP) is -3.82. The second-order valence-electron chi connectivity index (χ2n) is 24.9. The molecule has 0 amide bonds. The average molecular weight is 1560 g/mol. The molecule has 106 heavy (non-hydrogen) atoms. The molecule has 0 bridgehead atoms. The fourth-order valence-electron chi connectivity index (χ4n) is 11.4. The Morgan fingerprint density at radius 3 is 1.39 bits per heavy atom. The van der Waals surface area contributed by atoms with Crippen LogP contribution in [0.4, 0.5) is 70.2 Å². The summed E-state index contributed by atoms with van der Waals surface area (Å²) in [5, 5.41) is 132. The molecular formula is C53H61F16N17O20. The van der Waals surface area contributed by atoms with Crippen LogP contribution in [0, 0.1) is 13.8 Å². The molecule has 0 saturated carbocycles. The Morgan fingerprint density at radius 1 is 0.491 bits per heavy atom. The Kier molecular flexibility index (Phi) is 22.4.